The Hall–Kier alpha value is -1.00. The Morgan fingerprint density at radius 3 is 2.60 bits per heavy atom. The molecule has 0 amide bonds. The van der Waals surface area contributed by atoms with Gasteiger partial charge in [-0.05, 0) is 6.42 Å². The third-order valence-electron chi connectivity index (χ3n) is 1.66. The van der Waals surface area contributed by atoms with Gasteiger partial charge in [0.15, 0.2) is 0 Å². The van der Waals surface area contributed by atoms with Gasteiger partial charge in [-0.25, -0.2) is 0 Å². The molecule has 0 aliphatic carbocycles. The number of rotatable bonds is 4. The zero-order valence-corrected chi connectivity index (χ0v) is 9.51. The predicted octanol–water partition coefficient (Wildman–Crippen LogP) is 3.69. The van der Waals surface area contributed by atoms with Gasteiger partial charge < -0.3 is 4.74 Å². The Morgan fingerprint density at radius 2 is 2.07 bits per heavy atom. The third-order valence-corrected chi connectivity index (χ3v) is 2.26. The highest BCUT2D eigenvalue weighted by molar-refractivity contribution is 6.35. The molecule has 4 nitrogen and oxygen atoms in total. The van der Waals surface area contributed by atoms with Gasteiger partial charge in [0.1, 0.15) is 10.8 Å². The molecule has 0 saturated carbocycles. The summed E-state index contributed by atoms with van der Waals surface area (Å²) in [5.41, 5.74) is -0.217. The molecule has 0 spiro atoms. The van der Waals surface area contributed by atoms with Crippen LogP contribution < -0.4 is 4.74 Å². The second kappa shape index (κ2) is 5.19. The lowest BCUT2D eigenvalue weighted by Gasteiger charge is -2.06. The van der Waals surface area contributed by atoms with Crippen molar-refractivity contribution >= 4 is 28.9 Å². The molecule has 82 valence electrons. The fourth-order valence-electron chi connectivity index (χ4n) is 0.981. The first-order valence-electron chi connectivity index (χ1n) is 4.32. The molecule has 0 N–H and O–H groups in total. The van der Waals surface area contributed by atoms with Crippen LogP contribution in [-0.2, 0) is 0 Å². The molecule has 1 aromatic carbocycles. The van der Waals surface area contributed by atoms with Crippen LogP contribution in [0.3, 0.4) is 0 Å². The Labute approximate surface area is 96.9 Å². The highest BCUT2D eigenvalue weighted by Crippen LogP contribution is 2.35. The lowest BCUT2D eigenvalue weighted by atomic mass is 10.3. The van der Waals surface area contributed by atoms with Crippen molar-refractivity contribution in [2.45, 2.75) is 13.3 Å². The fraction of sp³-hybridized carbons (Fsp3) is 0.333. The number of nitro groups is 1. The maximum Gasteiger partial charge on any atom is 0.289 e. The van der Waals surface area contributed by atoms with E-state index in [2.05, 4.69) is 0 Å². The molecule has 0 heterocycles. The van der Waals surface area contributed by atoms with Gasteiger partial charge >= 0.3 is 0 Å². The van der Waals surface area contributed by atoms with Gasteiger partial charge in [-0.2, -0.15) is 0 Å². The van der Waals surface area contributed by atoms with Crippen molar-refractivity contribution in [3.05, 3.63) is 32.3 Å². The molecule has 0 radical (unpaired) electrons. The lowest BCUT2D eigenvalue weighted by Crippen LogP contribution is -1.97. The van der Waals surface area contributed by atoms with Crippen molar-refractivity contribution in [2.24, 2.45) is 0 Å². The molecular formula is C9H9Cl2NO3. The number of ether oxygens (including phenoxy) is 1. The molecule has 0 atom stereocenters. The molecule has 6 heteroatoms. The number of nitro benzene ring substituents is 1. The van der Waals surface area contributed by atoms with Crippen LogP contribution >= 0.6 is 23.2 Å². The van der Waals surface area contributed by atoms with Gasteiger partial charge in [0.25, 0.3) is 5.69 Å². The number of nitrogens with zero attached hydrogens (tertiary/aromatic N) is 1. The molecule has 0 aliphatic heterocycles. The zero-order chi connectivity index (χ0) is 11.4. The number of halogens is 2. The predicted molar refractivity (Wildman–Crippen MR) is 58.9 cm³/mol. The van der Waals surface area contributed by atoms with Gasteiger partial charge in [-0.1, -0.05) is 30.1 Å². The van der Waals surface area contributed by atoms with Crippen LogP contribution in [0, 0.1) is 10.1 Å². The van der Waals surface area contributed by atoms with Crippen molar-refractivity contribution in [3.8, 4) is 5.75 Å². The van der Waals surface area contributed by atoms with E-state index in [0.717, 1.165) is 6.42 Å². The minimum absolute atomic E-state index is 0.0236. The maximum atomic E-state index is 10.5. The van der Waals surface area contributed by atoms with Gasteiger partial charge in [-0.3, -0.25) is 10.1 Å². The van der Waals surface area contributed by atoms with Gasteiger partial charge in [0, 0.05) is 12.1 Å². The number of hydrogen-bond acceptors (Lipinski definition) is 3. The van der Waals surface area contributed by atoms with Crippen LogP contribution in [0.15, 0.2) is 12.1 Å². The van der Waals surface area contributed by atoms with Crippen LogP contribution in [-0.4, -0.2) is 11.5 Å². The molecular weight excluding hydrogens is 241 g/mol. The summed E-state index contributed by atoms with van der Waals surface area (Å²) in [5, 5.41) is 10.7. The zero-order valence-electron chi connectivity index (χ0n) is 8.00. The van der Waals surface area contributed by atoms with Crippen LogP contribution in [0.1, 0.15) is 13.3 Å². The smallest absolute Gasteiger partial charge is 0.289 e. The topological polar surface area (TPSA) is 52.4 Å². The molecule has 0 fully saturated rings. The Kier molecular flexibility index (Phi) is 4.17. The monoisotopic (exact) mass is 249 g/mol. The summed E-state index contributed by atoms with van der Waals surface area (Å²) in [6.45, 7) is 2.44. The SMILES string of the molecule is CCCOc1cc(Cl)c([N+](=O)[O-])cc1Cl. The van der Waals surface area contributed by atoms with E-state index in [0.29, 0.717) is 12.4 Å². The van der Waals surface area contributed by atoms with Gasteiger partial charge in [0.2, 0.25) is 0 Å². The van der Waals surface area contributed by atoms with Crippen LogP contribution in [0.5, 0.6) is 5.75 Å². The molecule has 0 unspecified atom stereocenters. The van der Waals surface area contributed by atoms with Crippen molar-refractivity contribution in [2.75, 3.05) is 6.61 Å². The number of benzene rings is 1. The first kappa shape index (κ1) is 12.1. The molecule has 15 heavy (non-hydrogen) atoms. The number of hydrogen-bond donors (Lipinski definition) is 0. The summed E-state index contributed by atoms with van der Waals surface area (Å²) in [7, 11) is 0. The minimum atomic E-state index is -0.586. The molecule has 1 aromatic rings. The normalized spacial score (nSPS) is 10.1. The average Bonchev–Trinajstić information content (AvgIpc) is 2.18. The van der Waals surface area contributed by atoms with Gasteiger partial charge in [-0.15, -0.1) is 0 Å². The second-order valence-corrected chi connectivity index (χ2v) is 3.65. The van der Waals surface area contributed by atoms with E-state index in [1.54, 1.807) is 0 Å². The summed E-state index contributed by atoms with van der Waals surface area (Å²) in [5.74, 6) is 0.370. The first-order valence-corrected chi connectivity index (χ1v) is 5.08. The molecule has 0 aromatic heterocycles. The van der Waals surface area contributed by atoms with E-state index in [4.69, 9.17) is 27.9 Å². The van der Waals surface area contributed by atoms with E-state index in [-0.39, 0.29) is 15.7 Å². The molecule has 1 rings (SSSR count). The summed E-state index contributed by atoms with van der Waals surface area (Å²) in [6.07, 6.45) is 0.824. The van der Waals surface area contributed by atoms with Crippen molar-refractivity contribution in [3.63, 3.8) is 0 Å². The standard InChI is InChI=1S/C9H9Cl2NO3/c1-2-3-15-9-5-6(10)8(12(13)14)4-7(9)11/h4-5H,2-3H2,1H3. The third kappa shape index (κ3) is 2.97. The Bertz CT molecular complexity index is 382. The average molecular weight is 250 g/mol. The lowest BCUT2D eigenvalue weighted by molar-refractivity contribution is -0.384. The van der Waals surface area contributed by atoms with E-state index in [1.165, 1.54) is 12.1 Å². The largest absolute Gasteiger partial charge is 0.492 e. The maximum absolute atomic E-state index is 10.5. The summed E-state index contributed by atoms with van der Waals surface area (Å²) >= 11 is 11.5. The Balaban J connectivity index is 3.02. The fourth-order valence-corrected chi connectivity index (χ4v) is 1.42. The second-order valence-electron chi connectivity index (χ2n) is 2.84. The Morgan fingerprint density at radius 1 is 1.40 bits per heavy atom. The molecule has 0 bridgehead atoms. The van der Waals surface area contributed by atoms with E-state index >= 15 is 0 Å². The van der Waals surface area contributed by atoms with Crippen LogP contribution in [0.4, 0.5) is 5.69 Å². The van der Waals surface area contributed by atoms with Crippen molar-refractivity contribution < 1.29 is 9.66 Å². The van der Waals surface area contributed by atoms with Gasteiger partial charge in [0.05, 0.1) is 16.6 Å². The minimum Gasteiger partial charge on any atom is -0.492 e. The van der Waals surface area contributed by atoms with Crippen LogP contribution in [0.25, 0.3) is 0 Å². The van der Waals surface area contributed by atoms with E-state index in [9.17, 15) is 10.1 Å². The summed E-state index contributed by atoms with van der Waals surface area (Å²) in [6, 6.07) is 2.55. The summed E-state index contributed by atoms with van der Waals surface area (Å²) < 4.78 is 5.26. The quantitative estimate of drug-likeness (QED) is 0.604. The van der Waals surface area contributed by atoms with E-state index < -0.39 is 4.92 Å². The summed E-state index contributed by atoms with van der Waals surface area (Å²) in [4.78, 5) is 9.94. The molecule has 0 aliphatic rings. The highest BCUT2D eigenvalue weighted by atomic mass is 35.5. The van der Waals surface area contributed by atoms with E-state index in [1.807, 2.05) is 6.92 Å². The van der Waals surface area contributed by atoms with Crippen molar-refractivity contribution in [1.29, 1.82) is 0 Å². The first-order chi connectivity index (χ1) is 7.06. The molecule has 0 saturated heterocycles. The highest BCUT2D eigenvalue weighted by Gasteiger charge is 2.16. The van der Waals surface area contributed by atoms with Crippen LogP contribution in [0.2, 0.25) is 10.0 Å². The van der Waals surface area contributed by atoms with Crippen molar-refractivity contribution in [1.82, 2.24) is 0 Å².